The molecule has 2 nitrogen and oxygen atoms in total. The highest BCUT2D eigenvalue weighted by Crippen LogP contribution is 2.24. The third-order valence-corrected chi connectivity index (χ3v) is 3.35. The Morgan fingerprint density at radius 3 is 2.36 bits per heavy atom. The first kappa shape index (κ1) is 11.5. The minimum atomic E-state index is 0.502. The molecule has 0 fully saturated rings. The summed E-state index contributed by atoms with van der Waals surface area (Å²) in [5.74, 6) is 0.719. The van der Waals surface area contributed by atoms with Gasteiger partial charge >= 0.3 is 0 Å². The topological polar surface area (TPSA) is 20.7 Å². The molecule has 1 aromatic rings. The molecular formula is C11H20N2S. The van der Waals surface area contributed by atoms with Crippen LogP contribution >= 0.6 is 12.2 Å². The number of imidazole rings is 1. The zero-order valence-electron chi connectivity index (χ0n) is 9.50. The lowest BCUT2D eigenvalue weighted by atomic mass is 9.95. The van der Waals surface area contributed by atoms with E-state index in [0.717, 1.165) is 16.4 Å². The Bertz CT molecular complexity index is 333. The van der Waals surface area contributed by atoms with E-state index in [1.807, 2.05) is 6.92 Å². The molecule has 1 rings (SSSR count). The normalized spacial score (nSPS) is 13.5. The van der Waals surface area contributed by atoms with E-state index in [0.29, 0.717) is 6.04 Å². The summed E-state index contributed by atoms with van der Waals surface area (Å²) >= 11 is 5.27. The van der Waals surface area contributed by atoms with Crippen LogP contribution in [0.25, 0.3) is 0 Å². The van der Waals surface area contributed by atoms with Gasteiger partial charge in [0.05, 0.1) is 0 Å². The van der Waals surface area contributed by atoms with Crippen molar-refractivity contribution >= 4 is 12.2 Å². The number of rotatable bonds is 4. The van der Waals surface area contributed by atoms with Crippen molar-refractivity contribution in [2.24, 2.45) is 5.92 Å². The van der Waals surface area contributed by atoms with Crippen molar-refractivity contribution in [3.05, 3.63) is 16.7 Å². The third kappa shape index (κ3) is 2.27. The molecule has 0 spiro atoms. The van der Waals surface area contributed by atoms with E-state index in [2.05, 4.69) is 36.5 Å². The Hall–Kier alpha value is -0.570. The van der Waals surface area contributed by atoms with E-state index in [1.165, 1.54) is 12.8 Å². The van der Waals surface area contributed by atoms with Crippen LogP contribution in [0.1, 0.15) is 45.3 Å². The van der Waals surface area contributed by atoms with Crippen molar-refractivity contribution in [1.82, 2.24) is 9.55 Å². The van der Waals surface area contributed by atoms with Gasteiger partial charge in [0.15, 0.2) is 4.77 Å². The molecule has 1 atom stereocenters. The van der Waals surface area contributed by atoms with Crippen LogP contribution < -0.4 is 0 Å². The van der Waals surface area contributed by atoms with Gasteiger partial charge in [-0.05, 0) is 32.0 Å². The van der Waals surface area contributed by atoms with Gasteiger partial charge in [-0.25, -0.2) is 0 Å². The lowest BCUT2D eigenvalue weighted by Gasteiger charge is -2.22. The minimum absolute atomic E-state index is 0.502. The number of aryl methyl sites for hydroxylation is 1. The molecule has 1 heterocycles. The number of nitrogens with zero attached hydrogens (tertiary/aromatic N) is 1. The summed E-state index contributed by atoms with van der Waals surface area (Å²) in [5.41, 5.74) is 1.15. The van der Waals surface area contributed by atoms with E-state index < -0.39 is 0 Å². The Morgan fingerprint density at radius 2 is 2.00 bits per heavy atom. The van der Waals surface area contributed by atoms with Gasteiger partial charge in [0.2, 0.25) is 0 Å². The van der Waals surface area contributed by atoms with Crippen molar-refractivity contribution < 1.29 is 0 Å². The highest BCUT2D eigenvalue weighted by molar-refractivity contribution is 7.71. The lowest BCUT2D eigenvalue weighted by Crippen LogP contribution is -2.14. The smallest absolute Gasteiger partial charge is 0.177 e. The Labute approximate surface area is 91.3 Å². The second-order valence-corrected chi connectivity index (χ2v) is 4.35. The molecule has 80 valence electrons. The number of hydrogen-bond donors (Lipinski definition) is 1. The van der Waals surface area contributed by atoms with Crippen LogP contribution in [0.3, 0.4) is 0 Å². The Balaban J connectivity index is 2.93. The lowest BCUT2D eigenvalue weighted by molar-refractivity contribution is 0.330. The summed E-state index contributed by atoms with van der Waals surface area (Å²) in [6.45, 7) is 8.79. The monoisotopic (exact) mass is 212 g/mol. The van der Waals surface area contributed by atoms with Crippen molar-refractivity contribution in [2.75, 3.05) is 0 Å². The first-order valence-electron chi connectivity index (χ1n) is 5.37. The average molecular weight is 212 g/mol. The number of aromatic amines is 1. The average Bonchev–Trinajstić information content (AvgIpc) is 2.47. The van der Waals surface area contributed by atoms with Gasteiger partial charge in [0, 0.05) is 17.9 Å². The second-order valence-electron chi connectivity index (χ2n) is 3.97. The van der Waals surface area contributed by atoms with Gasteiger partial charge in [0.1, 0.15) is 0 Å². The third-order valence-electron chi connectivity index (χ3n) is 3.04. The molecule has 1 N–H and O–H groups in total. The molecule has 14 heavy (non-hydrogen) atoms. The van der Waals surface area contributed by atoms with Gasteiger partial charge < -0.3 is 9.55 Å². The summed E-state index contributed by atoms with van der Waals surface area (Å²) in [4.78, 5) is 3.17. The molecule has 0 amide bonds. The standard InChI is InChI=1S/C11H20N2S/c1-5-10(6-2)9(4)13-7-8(3)12-11(13)14/h7,9-10H,5-6H2,1-4H3,(H,12,14). The molecule has 0 aromatic carbocycles. The summed E-state index contributed by atoms with van der Waals surface area (Å²) in [5, 5.41) is 0. The first-order chi connectivity index (χ1) is 6.60. The van der Waals surface area contributed by atoms with E-state index in [4.69, 9.17) is 12.2 Å². The zero-order chi connectivity index (χ0) is 10.7. The van der Waals surface area contributed by atoms with Gasteiger partial charge in [-0.2, -0.15) is 0 Å². The fourth-order valence-electron chi connectivity index (χ4n) is 2.03. The number of aromatic nitrogens is 2. The van der Waals surface area contributed by atoms with E-state index in [1.54, 1.807) is 0 Å². The maximum Gasteiger partial charge on any atom is 0.177 e. The summed E-state index contributed by atoms with van der Waals surface area (Å²) in [6.07, 6.45) is 4.54. The molecule has 3 heteroatoms. The predicted molar refractivity (Wildman–Crippen MR) is 63.1 cm³/mol. The molecule has 0 aliphatic heterocycles. The van der Waals surface area contributed by atoms with Gasteiger partial charge in [-0.1, -0.05) is 26.7 Å². The van der Waals surface area contributed by atoms with Crippen LogP contribution in [-0.2, 0) is 0 Å². The van der Waals surface area contributed by atoms with Crippen LogP contribution in [0, 0.1) is 17.6 Å². The molecule has 0 saturated carbocycles. The fraction of sp³-hybridized carbons (Fsp3) is 0.727. The van der Waals surface area contributed by atoms with Crippen molar-refractivity contribution in [2.45, 2.75) is 46.6 Å². The molecular weight excluding hydrogens is 192 g/mol. The minimum Gasteiger partial charge on any atom is -0.335 e. The summed E-state index contributed by atoms with van der Waals surface area (Å²) in [6, 6.07) is 0.502. The van der Waals surface area contributed by atoms with Gasteiger partial charge in [-0.3, -0.25) is 0 Å². The molecule has 0 aliphatic carbocycles. The maximum atomic E-state index is 5.27. The van der Waals surface area contributed by atoms with E-state index >= 15 is 0 Å². The molecule has 0 bridgehead atoms. The van der Waals surface area contributed by atoms with Crippen molar-refractivity contribution in [3.8, 4) is 0 Å². The molecule has 0 radical (unpaired) electrons. The molecule has 1 unspecified atom stereocenters. The van der Waals surface area contributed by atoms with E-state index in [-0.39, 0.29) is 0 Å². The van der Waals surface area contributed by atoms with Crippen LogP contribution in [-0.4, -0.2) is 9.55 Å². The van der Waals surface area contributed by atoms with Gasteiger partial charge in [0.25, 0.3) is 0 Å². The number of nitrogens with one attached hydrogen (secondary N) is 1. The summed E-state index contributed by atoms with van der Waals surface area (Å²) < 4.78 is 3.03. The molecule has 0 saturated heterocycles. The second kappa shape index (κ2) is 4.78. The zero-order valence-corrected chi connectivity index (χ0v) is 10.3. The predicted octanol–water partition coefficient (Wildman–Crippen LogP) is 3.85. The molecule has 0 aliphatic rings. The van der Waals surface area contributed by atoms with Crippen molar-refractivity contribution in [3.63, 3.8) is 0 Å². The quantitative estimate of drug-likeness (QED) is 0.752. The largest absolute Gasteiger partial charge is 0.335 e. The highest BCUT2D eigenvalue weighted by atomic mass is 32.1. The highest BCUT2D eigenvalue weighted by Gasteiger charge is 2.15. The van der Waals surface area contributed by atoms with Crippen LogP contribution in [0.2, 0.25) is 0 Å². The van der Waals surface area contributed by atoms with Crippen molar-refractivity contribution in [1.29, 1.82) is 0 Å². The molecule has 1 aromatic heterocycles. The van der Waals surface area contributed by atoms with E-state index in [9.17, 15) is 0 Å². The number of hydrogen-bond acceptors (Lipinski definition) is 1. The van der Waals surface area contributed by atoms with Crippen LogP contribution in [0.5, 0.6) is 0 Å². The van der Waals surface area contributed by atoms with Gasteiger partial charge in [-0.15, -0.1) is 0 Å². The fourth-order valence-corrected chi connectivity index (χ4v) is 2.41. The Morgan fingerprint density at radius 1 is 1.43 bits per heavy atom. The Kier molecular flexibility index (Phi) is 3.93. The first-order valence-corrected chi connectivity index (χ1v) is 5.78. The SMILES string of the molecule is CCC(CC)C(C)n1cc(C)[nH]c1=S. The van der Waals surface area contributed by atoms with Crippen LogP contribution in [0.4, 0.5) is 0 Å². The number of H-pyrrole nitrogens is 1. The summed E-state index contributed by atoms with van der Waals surface area (Å²) in [7, 11) is 0. The van der Waals surface area contributed by atoms with Crippen LogP contribution in [0.15, 0.2) is 6.20 Å². The maximum absolute atomic E-state index is 5.27.